The number of aromatic amines is 1. The van der Waals surface area contributed by atoms with E-state index in [1.165, 1.54) is 25.1 Å². The molecule has 138 valence electrons. The number of halogens is 2. The summed E-state index contributed by atoms with van der Waals surface area (Å²) >= 11 is 11.8. The number of carbonyl (C=O) groups is 2. The summed E-state index contributed by atoms with van der Waals surface area (Å²) in [6.45, 7) is 1.43. The van der Waals surface area contributed by atoms with Crippen molar-refractivity contribution < 1.29 is 14.3 Å². The predicted octanol–water partition coefficient (Wildman–Crippen LogP) is 4.02. The molecule has 0 saturated carbocycles. The molecule has 6 nitrogen and oxygen atoms in total. The van der Waals surface area contributed by atoms with Crippen molar-refractivity contribution in [1.82, 2.24) is 4.98 Å². The molecule has 0 aliphatic carbocycles. The minimum atomic E-state index is -1.10. The van der Waals surface area contributed by atoms with Crippen LogP contribution in [0.15, 0.2) is 53.3 Å². The Kier molecular flexibility index (Phi) is 5.48. The maximum Gasteiger partial charge on any atom is 0.339 e. The first kappa shape index (κ1) is 18.9. The van der Waals surface area contributed by atoms with Crippen LogP contribution in [0.1, 0.15) is 17.3 Å². The molecule has 0 radical (unpaired) electrons. The summed E-state index contributed by atoms with van der Waals surface area (Å²) in [4.78, 5) is 39.2. The van der Waals surface area contributed by atoms with E-state index >= 15 is 0 Å². The number of amides is 1. The second-order valence-electron chi connectivity index (χ2n) is 5.79. The molecule has 3 rings (SSSR count). The van der Waals surface area contributed by atoms with Crippen molar-refractivity contribution in [3.63, 3.8) is 0 Å². The summed E-state index contributed by atoms with van der Waals surface area (Å²) < 4.78 is 5.22. The van der Waals surface area contributed by atoms with E-state index in [0.717, 1.165) is 6.07 Å². The van der Waals surface area contributed by atoms with Gasteiger partial charge in [0, 0.05) is 32.7 Å². The monoisotopic (exact) mass is 404 g/mol. The van der Waals surface area contributed by atoms with Gasteiger partial charge in [0.15, 0.2) is 6.10 Å². The largest absolute Gasteiger partial charge is 0.449 e. The second-order valence-corrected chi connectivity index (χ2v) is 6.66. The van der Waals surface area contributed by atoms with Gasteiger partial charge >= 0.3 is 5.97 Å². The quantitative estimate of drug-likeness (QED) is 0.642. The van der Waals surface area contributed by atoms with Crippen molar-refractivity contribution in [2.24, 2.45) is 0 Å². The lowest BCUT2D eigenvalue weighted by atomic mass is 10.1. The number of fused-ring (bicyclic) bond motifs is 1. The van der Waals surface area contributed by atoms with Crippen LogP contribution in [-0.4, -0.2) is 23.0 Å². The van der Waals surface area contributed by atoms with Gasteiger partial charge in [0.25, 0.3) is 5.91 Å². The van der Waals surface area contributed by atoms with Gasteiger partial charge in [-0.05, 0) is 31.2 Å². The van der Waals surface area contributed by atoms with Crippen LogP contribution in [0.2, 0.25) is 10.0 Å². The first-order valence-corrected chi connectivity index (χ1v) is 8.69. The van der Waals surface area contributed by atoms with E-state index in [1.54, 1.807) is 24.3 Å². The molecule has 0 fully saturated rings. The van der Waals surface area contributed by atoms with Crippen molar-refractivity contribution in [2.45, 2.75) is 13.0 Å². The minimum absolute atomic E-state index is 0.0831. The van der Waals surface area contributed by atoms with E-state index in [9.17, 15) is 14.4 Å². The van der Waals surface area contributed by atoms with Gasteiger partial charge in [0.05, 0.1) is 5.56 Å². The number of aromatic nitrogens is 1. The number of rotatable bonds is 4. The third-order valence-corrected chi connectivity index (χ3v) is 4.19. The Balaban J connectivity index is 1.77. The molecule has 1 aromatic heterocycles. The molecule has 0 unspecified atom stereocenters. The van der Waals surface area contributed by atoms with Gasteiger partial charge in [0.1, 0.15) is 0 Å². The molecule has 0 aliphatic heterocycles. The average Bonchev–Trinajstić information content (AvgIpc) is 2.59. The highest BCUT2D eigenvalue weighted by molar-refractivity contribution is 6.35. The van der Waals surface area contributed by atoms with Crippen molar-refractivity contribution in [3.05, 3.63) is 74.5 Å². The predicted molar refractivity (Wildman–Crippen MR) is 105 cm³/mol. The third-order valence-electron chi connectivity index (χ3n) is 3.75. The molecule has 27 heavy (non-hydrogen) atoms. The van der Waals surface area contributed by atoms with E-state index in [4.69, 9.17) is 27.9 Å². The number of para-hydroxylation sites is 1. The minimum Gasteiger partial charge on any atom is -0.449 e. The van der Waals surface area contributed by atoms with E-state index in [-0.39, 0.29) is 5.56 Å². The highest BCUT2D eigenvalue weighted by atomic mass is 35.5. The number of esters is 1. The van der Waals surface area contributed by atoms with Gasteiger partial charge in [-0.15, -0.1) is 0 Å². The van der Waals surface area contributed by atoms with E-state index in [0.29, 0.717) is 26.6 Å². The zero-order chi connectivity index (χ0) is 19.6. The number of ether oxygens (including phenoxy) is 1. The van der Waals surface area contributed by atoms with Gasteiger partial charge in [0.2, 0.25) is 5.56 Å². The van der Waals surface area contributed by atoms with Crippen LogP contribution < -0.4 is 10.9 Å². The smallest absolute Gasteiger partial charge is 0.339 e. The number of nitrogens with one attached hydrogen (secondary N) is 2. The number of carbonyl (C=O) groups excluding carboxylic acids is 2. The molecule has 0 aliphatic rings. The standard InChI is InChI=1S/C19H14Cl2N2O4/c1-10(18(25)22-13-7-11(20)6-12(21)8-13)27-19(26)15-9-17(24)23-16-5-3-2-4-14(15)16/h2-10H,1H3,(H,22,25)(H,23,24)/t10-/m1/s1. The number of hydrogen-bond donors (Lipinski definition) is 2. The molecular weight excluding hydrogens is 391 g/mol. The van der Waals surface area contributed by atoms with Crippen LogP contribution in [0.5, 0.6) is 0 Å². The molecule has 1 heterocycles. The van der Waals surface area contributed by atoms with E-state index in [2.05, 4.69) is 10.3 Å². The molecule has 1 atom stereocenters. The van der Waals surface area contributed by atoms with Crippen LogP contribution in [0, 0.1) is 0 Å². The van der Waals surface area contributed by atoms with Crippen molar-refractivity contribution in [1.29, 1.82) is 0 Å². The molecule has 0 saturated heterocycles. The molecule has 0 bridgehead atoms. The maximum atomic E-state index is 12.5. The number of anilines is 1. The highest BCUT2D eigenvalue weighted by Crippen LogP contribution is 2.23. The fourth-order valence-electron chi connectivity index (χ4n) is 2.52. The molecule has 2 aromatic carbocycles. The number of benzene rings is 2. The lowest BCUT2D eigenvalue weighted by molar-refractivity contribution is -0.123. The molecular formula is C19H14Cl2N2O4. The molecule has 2 N–H and O–H groups in total. The van der Waals surface area contributed by atoms with Gasteiger partial charge < -0.3 is 15.0 Å². The van der Waals surface area contributed by atoms with Gasteiger partial charge in [-0.2, -0.15) is 0 Å². The fourth-order valence-corrected chi connectivity index (χ4v) is 3.05. The van der Waals surface area contributed by atoms with Crippen LogP contribution >= 0.6 is 23.2 Å². The maximum absolute atomic E-state index is 12.5. The Hall–Kier alpha value is -2.83. The zero-order valence-electron chi connectivity index (χ0n) is 14.1. The molecule has 0 spiro atoms. The summed E-state index contributed by atoms with van der Waals surface area (Å²) in [6.07, 6.45) is -1.10. The van der Waals surface area contributed by atoms with Gasteiger partial charge in [-0.3, -0.25) is 9.59 Å². The number of H-pyrrole nitrogens is 1. The Bertz CT molecular complexity index is 1070. The highest BCUT2D eigenvalue weighted by Gasteiger charge is 2.21. The summed E-state index contributed by atoms with van der Waals surface area (Å²) in [5.74, 6) is -1.33. The van der Waals surface area contributed by atoms with E-state index in [1.807, 2.05) is 0 Å². The normalized spacial score (nSPS) is 11.8. The summed E-state index contributed by atoms with van der Waals surface area (Å²) in [6, 6.07) is 12.5. The lowest BCUT2D eigenvalue weighted by Gasteiger charge is -2.14. The third kappa shape index (κ3) is 4.48. The summed E-state index contributed by atoms with van der Waals surface area (Å²) in [7, 11) is 0. The van der Waals surface area contributed by atoms with Crippen molar-refractivity contribution >= 4 is 51.7 Å². The SMILES string of the molecule is C[C@@H](OC(=O)c1cc(=O)[nH]c2ccccc12)C(=O)Nc1cc(Cl)cc(Cl)c1. The van der Waals surface area contributed by atoms with Crippen molar-refractivity contribution in [2.75, 3.05) is 5.32 Å². The van der Waals surface area contributed by atoms with Crippen molar-refractivity contribution in [3.8, 4) is 0 Å². The molecule has 3 aromatic rings. The second kappa shape index (κ2) is 7.82. The Morgan fingerprint density at radius 3 is 2.44 bits per heavy atom. The zero-order valence-corrected chi connectivity index (χ0v) is 15.6. The molecule has 8 heteroatoms. The topological polar surface area (TPSA) is 88.3 Å². The van der Waals surface area contributed by atoms with Gasteiger partial charge in [-0.1, -0.05) is 41.4 Å². The Morgan fingerprint density at radius 2 is 1.74 bits per heavy atom. The van der Waals surface area contributed by atoms with E-state index < -0.39 is 23.5 Å². The van der Waals surface area contributed by atoms with Gasteiger partial charge in [-0.25, -0.2) is 4.79 Å². The summed E-state index contributed by atoms with van der Waals surface area (Å²) in [5.41, 5.74) is 0.524. The number of hydrogen-bond acceptors (Lipinski definition) is 4. The van der Waals surface area contributed by atoms with Crippen LogP contribution in [0.4, 0.5) is 5.69 Å². The number of pyridine rings is 1. The fraction of sp³-hybridized carbons (Fsp3) is 0.105. The summed E-state index contributed by atoms with van der Waals surface area (Å²) in [5, 5.41) is 3.82. The lowest BCUT2D eigenvalue weighted by Crippen LogP contribution is -2.30. The van der Waals surface area contributed by atoms with Crippen LogP contribution in [-0.2, 0) is 9.53 Å². The Labute approximate surface area is 164 Å². The average molecular weight is 405 g/mol. The first-order valence-electron chi connectivity index (χ1n) is 7.93. The first-order chi connectivity index (χ1) is 12.8. The molecule has 1 amide bonds. The van der Waals surface area contributed by atoms with Crippen LogP contribution in [0.25, 0.3) is 10.9 Å². The Morgan fingerprint density at radius 1 is 1.07 bits per heavy atom. The van der Waals surface area contributed by atoms with Crippen LogP contribution in [0.3, 0.4) is 0 Å².